The van der Waals surface area contributed by atoms with Crippen molar-refractivity contribution in [1.29, 1.82) is 0 Å². The lowest BCUT2D eigenvalue weighted by atomic mass is 9.92. The van der Waals surface area contributed by atoms with Crippen molar-refractivity contribution >= 4 is 23.2 Å². The average Bonchev–Trinajstić information content (AvgIpc) is 2.98. The second kappa shape index (κ2) is 5.98. The van der Waals surface area contributed by atoms with Gasteiger partial charge in [-0.15, -0.1) is 11.3 Å². The zero-order valence-electron chi connectivity index (χ0n) is 14.3. The number of aryl methyl sites for hydroxylation is 1. The van der Waals surface area contributed by atoms with Crippen LogP contribution >= 0.6 is 11.3 Å². The van der Waals surface area contributed by atoms with E-state index in [4.69, 9.17) is 0 Å². The number of aromatic nitrogens is 2. The third-order valence-corrected chi connectivity index (χ3v) is 6.23. The highest BCUT2D eigenvalue weighted by Crippen LogP contribution is 2.44. The first-order chi connectivity index (χ1) is 12.0. The van der Waals surface area contributed by atoms with Crippen LogP contribution in [0.5, 0.6) is 0 Å². The van der Waals surface area contributed by atoms with Gasteiger partial charge in [-0.3, -0.25) is 14.2 Å². The maximum absolute atomic E-state index is 13.1. The number of aliphatic carboxylic acids is 1. The van der Waals surface area contributed by atoms with Crippen LogP contribution in [0.3, 0.4) is 0 Å². The van der Waals surface area contributed by atoms with Gasteiger partial charge in [-0.05, 0) is 44.6 Å². The maximum atomic E-state index is 13.1. The largest absolute Gasteiger partial charge is 0.481 e. The molecule has 1 saturated heterocycles. The summed E-state index contributed by atoms with van der Waals surface area (Å²) in [6, 6.07) is 1.89. The molecule has 2 aliphatic rings. The Morgan fingerprint density at radius 3 is 2.64 bits per heavy atom. The minimum absolute atomic E-state index is 0.0645. The number of carbonyl (C=O) groups is 2. The third-order valence-electron chi connectivity index (χ3n) is 5.47. The van der Waals surface area contributed by atoms with Gasteiger partial charge >= 0.3 is 5.97 Å². The summed E-state index contributed by atoms with van der Waals surface area (Å²) in [6.45, 7) is 4.75. The predicted octanol–water partition coefficient (Wildman–Crippen LogP) is 2.73. The van der Waals surface area contributed by atoms with Crippen LogP contribution in [-0.2, 0) is 4.79 Å². The fourth-order valence-corrected chi connectivity index (χ4v) is 4.78. The van der Waals surface area contributed by atoms with Gasteiger partial charge in [0.15, 0.2) is 5.13 Å². The summed E-state index contributed by atoms with van der Waals surface area (Å²) in [6.07, 6.45) is 3.93. The van der Waals surface area contributed by atoms with E-state index < -0.39 is 11.9 Å². The van der Waals surface area contributed by atoms with Crippen LogP contribution in [0.1, 0.15) is 34.6 Å². The van der Waals surface area contributed by atoms with Crippen molar-refractivity contribution in [2.24, 2.45) is 17.8 Å². The van der Waals surface area contributed by atoms with Crippen LogP contribution in [0.15, 0.2) is 17.6 Å². The summed E-state index contributed by atoms with van der Waals surface area (Å²) in [7, 11) is 0. The standard InChI is InChI=1S/C18H21N3O3S/c1-10-7-13(11(2)21(10)18-19-5-6-25-18)16(22)20-8-14(12-3-4-12)15(9-20)17(23)24/h5-7,12,14-15H,3-4,8-9H2,1-2H3,(H,23,24)/t14-,15+/m1/s1. The van der Waals surface area contributed by atoms with Crippen LogP contribution in [0.2, 0.25) is 0 Å². The molecular weight excluding hydrogens is 338 g/mol. The summed E-state index contributed by atoms with van der Waals surface area (Å²) >= 11 is 1.53. The Kier molecular flexibility index (Phi) is 3.91. The SMILES string of the molecule is Cc1cc(C(=O)N2C[C@H](C(=O)O)[C@@H](C3CC3)C2)c(C)n1-c1nccs1. The van der Waals surface area contributed by atoms with E-state index in [0.29, 0.717) is 24.6 Å². The Bertz CT molecular complexity index is 823. The molecule has 7 heteroatoms. The summed E-state index contributed by atoms with van der Waals surface area (Å²) in [5.74, 6) is -0.699. The molecule has 6 nitrogen and oxygen atoms in total. The monoisotopic (exact) mass is 359 g/mol. The predicted molar refractivity (Wildman–Crippen MR) is 94.2 cm³/mol. The van der Waals surface area contributed by atoms with Gasteiger partial charge in [0.1, 0.15) is 0 Å². The van der Waals surface area contributed by atoms with E-state index in [1.54, 1.807) is 11.1 Å². The van der Waals surface area contributed by atoms with E-state index in [-0.39, 0.29) is 11.8 Å². The van der Waals surface area contributed by atoms with Gasteiger partial charge in [0.25, 0.3) is 5.91 Å². The maximum Gasteiger partial charge on any atom is 0.308 e. The average molecular weight is 359 g/mol. The zero-order valence-corrected chi connectivity index (χ0v) is 15.1. The lowest BCUT2D eigenvalue weighted by molar-refractivity contribution is -0.142. The molecule has 2 aromatic rings. The molecule has 4 rings (SSSR count). The number of thiazole rings is 1. The van der Waals surface area contributed by atoms with Crippen molar-refractivity contribution in [3.8, 4) is 5.13 Å². The molecule has 25 heavy (non-hydrogen) atoms. The fourth-order valence-electron chi connectivity index (χ4n) is 4.03. The highest BCUT2D eigenvalue weighted by molar-refractivity contribution is 7.12. The molecule has 1 amide bonds. The number of amides is 1. The van der Waals surface area contributed by atoms with Crippen LogP contribution in [0.25, 0.3) is 5.13 Å². The molecule has 1 N–H and O–H groups in total. The van der Waals surface area contributed by atoms with Gasteiger partial charge in [0.05, 0.1) is 11.5 Å². The van der Waals surface area contributed by atoms with E-state index in [1.807, 2.05) is 29.9 Å². The van der Waals surface area contributed by atoms with E-state index in [1.165, 1.54) is 11.3 Å². The highest BCUT2D eigenvalue weighted by atomic mass is 32.1. The van der Waals surface area contributed by atoms with Gasteiger partial charge < -0.3 is 10.0 Å². The minimum atomic E-state index is -0.777. The molecule has 2 aromatic heterocycles. The second-order valence-corrected chi connectivity index (χ2v) is 7.96. The van der Waals surface area contributed by atoms with Gasteiger partial charge in [-0.25, -0.2) is 4.98 Å². The molecule has 0 aromatic carbocycles. The molecule has 1 aliphatic carbocycles. The number of carboxylic acids is 1. The molecule has 1 saturated carbocycles. The molecule has 1 aliphatic heterocycles. The molecule has 0 unspecified atom stereocenters. The molecule has 3 heterocycles. The number of carboxylic acid groups (broad SMARTS) is 1. The van der Waals surface area contributed by atoms with E-state index in [9.17, 15) is 14.7 Å². The summed E-state index contributed by atoms with van der Waals surface area (Å²) < 4.78 is 1.99. The number of likely N-dealkylation sites (tertiary alicyclic amines) is 1. The number of carbonyl (C=O) groups excluding carboxylic acids is 1. The Morgan fingerprint density at radius 1 is 1.28 bits per heavy atom. The Morgan fingerprint density at radius 2 is 2.04 bits per heavy atom. The van der Waals surface area contributed by atoms with Crippen LogP contribution in [0, 0.1) is 31.6 Å². The van der Waals surface area contributed by atoms with Gasteiger partial charge in [-0.2, -0.15) is 0 Å². The van der Waals surface area contributed by atoms with Crippen molar-refractivity contribution in [2.45, 2.75) is 26.7 Å². The molecule has 0 radical (unpaired) electrons. The normalized spacial score (nSPS) is 23.2. The molecule has 0 bridgehead atoms. The first-order valence-electron chi connectivity index (χ1n) is 8.58. The summed E-state index contributed by atoms with van der Waals surface area (Å²) in [5.41, 5.74) is 2.47. The Hall–Kier alpha value is -2.15. The molecular formula is C18H21N3O3S. The lowest BCUT2D eigenvalue weighted by Gasteiger charge is -2.16. The zero-order chi connectivity index (χ0) is 17.7. The number of hydrogen-bond donors (Lipinski definition) is 1. The number of hydrogen-bond acceptors (Lipinski definition) is 4. The first kappa shape index (κ1) is 16.3. The molecule has 2 atom stereocenters. The van der Waals surface area contributed by atoms with Crippen molar-refractivity contribution < 1.29 is 14.7 Å². The second-order valence-electron chi connectivity index (χ2n) is 7.09. The van der Waals surface area contributed by atoms with Crippen LogP contribution < -0.4 is 0 Å². The molecule has 0 spiro atoms. The van der Waals surface area contributed by atoms with Crippen LogP contribution in [0.4, 0.5) is 0 Å². The summed E-state index contributed by atoms with van der Waals surface area (Å²) in [5, 5.41) is 12.3. The summed E-state index contributed by atoms with van der Waals surface area (Å²) in [4.78, 5) is 30.7. The van der Waals surface area contributed by atoms with Gasteiger partial charge in [-0.1, -0.05) is 0 Å². The van der Waals surface area contributed by atoms with E-state index >= 15 is 0 Å². The Balaban J connectivity index is 1.62. The highest BCUT2D eigenvalue weighted by Gasteiger charge is 2.47. The fraction of sp³-hybridized carbons (Fsp3) is 0.500. The lowest BCUT2D eigenvalue weighted by Crippen LogP contribution is -2.30. The minimum Gasteiger partial charge on any atom is -0.481 e. The van der Waals surface area contributed by atoms with Gasteiger partial charge in [0, 0.05) is 36.1 Å². The smallest absolute Gasteiger partial charge is 0.308 e. The topological polar surface area (TPSA) is 75.4 Å². The van der Waals surface area contributed by atoms with E-state index in [2.05, 4.69) is 4.98 Å². The Labute approximate surface area is 150 Å². The first-order valence-corrected chi connectivity index (χ1v) is 9.46. The third kappa shape index (κ3) is 2.76. The van der Waals surface area contributed by atoms with Crippen LogP contribution in [-0.4, -0.2) is 44.5 Å². The van der Waals surface area contributed by atoms with E-state index in [0.717, 1.165) is 29.4 Å². The van der Waals surface area contributed by atoms with Crippen molar-refractivity contribution in [2.75, 3.05) is 13.1 Å². The van der Waals surface area contributed by atoms with Crippen molar-refractivity contribution in [1.82, 2.24) is 14.5 Å². The quantitative estimate of drug-likeness (QED) is 0.911. The van der Waals surface area contributed by atoms with Crippen molar-refractivity contribution in [3.05, 3.63) is 34.6 Å². The number of rotatable bonds is 4. The van der Waals surface area contributed by atoms with Gasteiger partial charge in [0.2, 0.25) is 0 Å². The molecule has 132 valence electrons. The molecule has 2 fully saturated rings. The van der Waals surface area contributed by atoms with Crippen molar-refractivity contribution in [3.63, 3.8) is 0 Å². The number of nitrogens with zero attached hydrogens (tertiary/aromatic N) is 3.